The fourth-order valence-corrected chi connectivity index (χ4v) is 9.04. The number of imidazole rings is 1. The summed E-state index contributed by atoms with van der Waals surface area (Å²) in [6, 6.07) is 15.0. The molecule has 62 heavy (non-hydrogen) atoms. The number of hydrogen-bond acceptors (Lipinski definition) is 9. The van der Waals surface area contributed by atoms with Crippen LogP contribution in [0.5, 0.6) is 0 Å². The number of rotatable bonds is 8. The second-order valence-electron chi connectivity index (χ2n) is 15.9. The molecular formula is C46H44F2N8O6. The number of aromatic nitrogens is 3. The van der Waals surface area contributed by atoms with Gasteiger partial charge in [0.15, 0.2) is 0 Å². The molecule has 16 heteroatoms. The number of piperidine rings is 1. The van der Waals surface area contributed by atoms with Gasteiger partial charge in [-0.3, -0.25) is 38.6 Å². The third-order valence-electron chi connectivity index (χ3n) is 12.2. The summed E-state index contributed by atoms with van der Waals surface area (Å²) in [6.45, 7) is 3.49. The number of halogens is 2. The highest BCUT2D eigenvalue weighted by atomic mass is 19.3. The summed E-state index contributed by atoms with van der Waals surface area (Å²) in [5.74, 6) is 4.58. The average molecular weight is 843 g/mol. The van der Waals surface area contributed by atoms with Crippen molar-refractivity contribution in [3.05, 3.63) is 105 Å². The van der Waals surface area contributed by atoms with Crippen molar-refractivity contribution in [2.24, 2.45) is 14.1 Å². The summed E-state index contributed by atoms with van der Waals surface area (Å²) >= 11 is 0. The topological polar surface area (TPSA) is 151 Å². The number of carbonyl (C=O) groups is 4. The number of hydrogen-bond donors (Lipinski definition) is 2. The number of anilines is 3. The molecule has 2 fully saturated rings. The maximum atomic E-state index is 14.9. The molecule has 0 bridgehead atoms. The Morgan fingerprint density at radius 2 is 1.79 bits per heavy atom. The molecule has 1 atom stereocenters. The quantitative estimate of drug-likeness (QED) is 0.129. The minimum absolute atomic E-state index is 0.124. The van der Waals surface area contributed by atoms with Crippen molar-refractivity contribution in [3.8, 4) is 23.0 Å². The fourth-order valence-electron chi connectivity index (χ4n) is 9.04. The van der Waals surface area contributed by atoms with E-state index in [0.29, 0.717) is 79.2 Å². The molecule has 0 radical (unpaired) electrons. The van der Waals surface area contributed by atoms with E-state index in [4.69, 9.17) is 4.74 Å². The Morgan fingerprint density at radius 1 is 0.968 bits per heavy atom. The molecule has 2 N–H and O–H groups in total. The largest absolute Gasteiger partial charge is 0.378 e. The van der Waals surface area contributed by atoms with E-state index in [9.17, 15) is 32.8 Å². The van der Waals surface area contributed by atoms with E-state index in [0.717, 1.165) is 34.4 Å². The Morgan fingerprint density at radius 3 is 2.55 bits per heavy atom. The van der Waals surface area contributed by atoms with Crippen LogP contribution in [0, 0.1) is 11.8 Å². The van der Waals surface area contributed by atoms with Crippen molar-refractivity contribution < 1.29 is 32.7 Å². The third kappa shape index (κ3) is 7.36. The molecule has 1 unspecified atom stereocenters. The first-order valence-corrected chi connectivity index (χ1v) is 20.7. The van der Waals surface area contributed by atoms with Gasteiger partial charge in [-0.1, -0.05) is 24.0 Å². The number of nitrogens with one attached hydrogen (secondary N) is 2. The van der Waals surface area contributed by atoms with Crippen LogP contribution < -0.4 is 26.1 Å². The Balaban J connectivity index is 0.894. The number of amides is 4. The highest BCUT2D eigenvalue weighted by molar-refractivity contribution is 6.05. The molecule has 318 valence electrons. The number of benzene rings is 3. The monoisotopic (exact) mass is 842 g/mol. The molecule has 2 aromatic heterocycles. The highest BCUT2D eigenvalue weighted by Gasteiger charge is 2.39. The molecule has 4 aliphatic heterocycles. The molecular weight excluding hydrogens is 799 g/mol. The van der Waals surface area contributed by atoms with Crippen LogP contribution in [0.2, 0.25) is 0 Å². The van der Waals surface area contributed by atoms with Crippen LogP contribution in [0.4, 0.5) is 25.8 Å². The van der Waals surface area contributed by atoms with Crippen LogP contribution in [0.15, 0.2) is 65.6 Å². The molecule has 0 spiro atoms. The van der Waals surface area contributed by atoms with Gasteiger partial charge in [-0.25, -0.2) is 13.6 Å². The molecule has 14 nitrogen and oxygen atoms in total. The summed E-state index contributed by atoms with van der Waals surface area (Å²) in [5.41, 5.74) is 7.36. The van der Waals surface area contributed by atoms with Crippen molar-refractivity contribution in [1.29, 1.82) is 0 Å². The minimum atomic E-state index is -2.79. The summed E-state index contributed by atoms with van der Waals surface area (Å²) in [6.07, 6.45) is 0.865. The lowest BCUT2D eigenvalue weighted by Crippen LogP contribution is -2.52. The van der Waals surface area contributed by atoms with E-state index in [2.05, 4.69) is 43.3 Å². The smallest absolute Gasteiger partial charge is 0.328 e. The minimum Gasteiger partial charge on any atom is -0.378 e. The number of pyridine rings is 1. The predicted molar refractivity (Wildman–Crippen MR) is 227 cm³/mol. The van der Waals surface area contributed by atoms with E-state index >= 15 is 0 Å². The van der Waals surface area contributed by atoms with E-state index in [1.165, 1.54) is 17.2 Å². The van der Waals surface area contributed by atoms with Gasteiger partial charge in [0.1, 0.15) is 11.7 Å². The summed E-state index contributed by atoms with van der Waals surface area (Å²) < 4.78 is 38.7. The molecule has 4 amide bonds. The average Bonchev–Trinajstić information content (AvgIpc) is 3.73. The maximum Gasteiger partial charge on any atom is 0.328 e. The zero-order valence-corrected chi connectivity index (χ0v) is 34.3. The molecule has 2 saturated heterocycles. The van der Waals surface area contributed by atoms with Gasteiger partial charge < -0.3 is 24.8 Å². The van der Waals surface area contributed by atoms with Gasteiger partial charge in [0, 0.05) is 99.5 Å². The van der Waals surface area contributed by atoms with E-state index in [-0.39, 0.29) is 54.7 Å². The Kier molecular flexibility index (Phi) is 10.8. The van der Waals surface area contributed by atoms with Crippen molar-refractivity contribution in [3.63, 3.8) is 0 Å². The second kappa shape index (κ2) is 16.5. The summed E-state index contributed by atoms with van der Waals surface area (Å²) in [5, 5.41) is 5.11. The Bertz CT molecular complexity index is 2780. The van der Waals surface area contributed by atoms with Gasteiger partial charge in [0.2, 0.25) is 11.8 Å². The molecule has 9 rings (SSSR count). The Hall–Kier alpha value is -6.86. The predicted octanol–water partition coefficient (Wildman–Crippen LogP) is 4.73. The number of imide groups is 1. The summed E-state index contributed by atoms with van der Waals surface area (Å²) in [7, 11) is 3.50. The highest BCUT2D eigenvalue weighted by Crippen LogP contribution is 2.43. The zero-order chi connectivity index (χ0) is 43.2. The van der Waals surface area contributed by atoms with E-state index in [1.807, 2.05) is 12.1 Å². The van der Waals surface area contributed by atoms with Crippen molar-refractivity contribution in [2.45, 2.75) is 51.1 Å². The standard InChI is InChI=1S/C46H44F2N8O6/c1-52-38-22-30(23-39(41(38)53(2)46(52)61)54-17-19-62-20-18-54)55-16-6-9-28-21-32(33(42(47)48)24-37(28)55)29-11-12-35(50-25-29)43(58)49-15-4-3-7-27-8-5-10-31-34(27)26-56(45(31)60)36-13-14-40(57)51-44(36)59/h5,8,10-12,21-25,36,42H,4,6,9,13-20,26H2,1-2H3,(H,49,58)(H,51,57,59). The van der Waals surface area contributed by atoms with Gasteiger partial charge >= 0.3 is 5.69 Å². The molecule has 6 heterocycles. The van der Waals surface area contributed by atoms with Gasteiger partial charge in [0.25, 0.3) is 18.2 Å². The van der Waals surface area contributed by atoms with Crippen LogP contribution in [-0.4, -0.2) is 88.1 Å². The molecule has 0 saturated carbocycles. The van der Waals surface area contributed by atoms with Gasteiger partial charge in [-0.05, 0) is 78.4 Å². The van der Waals surface area contributed by atoms with Gasteiger partial charge in [-0.2, -0.15) is 0 Å². The molecule has 4 aliphatic rings. The second-order valence-corrected chi connectivity index (χ2v) is 15.9. The normalized spacial score (nSPS) is 17.5. The first-order chi connectivity index (χ1) is 30.0. The van der Waals surface area contributed by atoms with Gasteiger partial charge in [0.05, 0.1) is 29.9 Å². The van der Waals surface area contributed by atoms with Crippen LogP contribution in [0.3, 0.4) is 0 Å². The third-order valence-corrected chi connectivity index (χ3v) is 12.2. The first kappa shape index (κ1) is 40.5. The SMILES string of the molecule is Cn1c(=O)n(C)c2c(N3CCOCC3)cc(N3CCCc4cc(-c5ccc(C(=O)NCCC#Cc6cccc7c6CN(C6CCC(=O)NC6=O)C7=O)nc5)c(C(F)F)cc43)cc21. The molecule has 5 aromatic rings. The Labute approximate surface area is 355 Å². The van der Waals surface area contributed by atoms with Crippen LogP contribution >= 0.6 is 0 Å². The van der Waals surface area contributed by atoms with Crippen LogP contribution in [0.1, 0.15) is 75.2 Å². The van der Waals surface area contributed by atoms with Crippen LogP contribution in [0.25, 0.3) is 22.2 Å². The van der Waals surface area contributed by atoms with E-state index < -0.39 is 24.3 Å². The van der Waals surface area contributed by atoms with E-state index in [1.54, 1.807) is 53.6 Å². The van der Waals surface area contributed by atoms with Crippen molar-refractivity contribution in [2.75, 3.05) is 49.2 Å². The fraction of sp³-hybridized carbons (Fsp3) is 0.348. The number of fused-ring (bicyclic) bond motifs is 3. The zero-order valence-electron chi connectivity index (χ0n) is 34.3. The number of morpholine rings is 1. The molecule has 0 aliphatic carbocycles. The lowest BCUT2D eigenvalue weighted by atomic mass is 9.92. The number of carbonyl (C=O) groups excluding carboxylic acids is 4. The van der Waals surface area contributed by atoms with Crippen LogP contribution in [-0.2, 0) is 41.4 Å². The first-order valence-electron chi connectivity index (χ1n) is 20.7. The number of ether oxygens (including phenoxy) is 1. The van der Waals surface area contributed by atoms with Crippen molar-refractivity contribution in [1.82, 2.24) is 29.7 Å². The van der Waals surface area contributed by atoms with Gasteiger partial charge in [-0.15, -0.1) is 0 Å². The number of nitrogens with zero attached hydrogens (tertiary/aromatic N) is 6. The lowest BCUT2D eigenvalue weighted by Gasteiger charge is -2.35. The van der Waals surface area contributed by atoms with Crippen molar-refractivity contribution >= 4 is 51.7 Å². The lowest BCUT2D eigenvalue weighted by molar-refractivity contribution is -0.136. The molecule has 3 aromatic carbocycles. The maximum absolute atomic E-state index is 14.9. The summed E-state index contributed by atoms with van der Waals surface area (Å²) in [4.78, 5) is 73.5. The number of alkyl halides is 2. The number of aryl methyl sites for hydroxylation is 3.